The molecule has 0 atom stereocenters. The minimum Gasteiger partial charge on any atom is -0.490 e. The summed E-state index contributed by atoms with van der Waals surface area (Å²) in [5, 5.41) is -0.0648. The van der Waals surface area contributed by atoms with Crippen molar-refractivity contribution in [1.29, 1.82) is 0 Å². The largest absolute Gasteiger partial charge is 0.490 e. The van der Waals surface area contributed by atoms with Crippen LogP contribution in [0.3, 0.4) is 0 Å². The Morgan fingerprint density at radius 2 is 1.96 bits per heavy atom. The van der Waals surface area contributed by atoms with Crippen molar-refractivity contribution in [2.75, 3.05) is 13.7 Å². The van der Waals surface area contributed by atoms with E-state index in [0.29, 0.717) is 5.56 Å². The quantitative estimate of drug-likeness (QED) is 0.438. The molecule has 0 spiro atoms. The number of ether oxygens (including phenoxy) is 2. The van der Waals surface area contributed by atoms with E-state index in [1.807, 2.05) is 0 Å². The molecule has 0 aliphatic rings. The Labute approximate surface area is 163 Å². The summed E-state index contributed by atoms with van der Waals surface area (Å²) in [4.78, 5) is 17.8. The molecule has 0 bridgehead atoms. The number of hydrogen-bond donors (Lipinski definition) is 0. The predicted octanol–water partition coefficient (Wildman–Crippen LogP) is 4.67. The Balaban J connectivity index is 2.19. The average molecular weight is 418 g/mol. The van der Waals surface area contributed by atoms with Gasteiger partial charge in [-0.15, -0.1) is 0 Å². The van der Waals surface area contributed by atoms with Gasteiger partial charge in [-0.3, -0.25) is 4.79 Å². The third kappa shape index (κ3) is 6.01. The molecule has 1 aromatic carbocycles. The number of alkyl halides is 4. The van der Waals surface area contributed by atoms with Gasteiger partial charge in [0.2, 0.25) is 0 Å². The van der Waals surface area contributed by atoms with Crippen LogP contribution in [0.1, 0.15) is 22.8 Å². The van der Waals surface area contributed by atoms with Gasteiger partial charge in [0.25, 0.3) is 11.7 Å². The van der Waals surface area contributed by atoms with Gasteiger partial charge >= 0.3 is 6.61 Å². The molecule has 152 valence electrons. The van der Waals surface area contributed by atoms with Gasteiger partial charge in [-0.05, 0) is 48.5 Å². The SMILES string of the molecule is CCOc1cc(CN(C)C(=O)c2cccnc2SC(F)F)ccc1OC(F)F. The van der Waals surface area contributed by atoms with E-state index in [0.717, 1.165) is 0 Å². The number of thioether (sulfide) groups is 1. The smallest absolute Gasteiger partial charge is 0.387 e. The summed E-state index contributed by atoms with van der Waals surface area (Å²) in [7, 11) is 1.50. The number of aromatic nitrogens is 1. The van der Waals surface area contributed by atoms with Crippen LogP contribution in [-0.4, -0.2) is 41.8 Å². The van der Waals surface area contributed by atoms with Crippen LogP contribution in [0, 0.1) is 0 Å². The van der Waals surface area contributed by atoms with Crippen molar-refractivity contribution in [3.05, 3.63) is 47.7 Å². The van der Waals surface area contributed by atoms with Crippen LogP contribution < -0.4 is 9.47 Å². The molecule has 1 amide bonds. The molecule has 1 aromatic heterocycles. The number of carbonyl (C=O) groups is 1. The van der Waals surface area contributed by atoms with Gasteiger partial charge in [0, 0.05) is 19.8 Å². The van der Waals surface area contributed by atoms with Crippen LogP contribution in [0.5, 0.6) is 11.5 Å². The van der Waals surface area contributed by atoms with Crippen molar-refractivity contribution >= 4 is 17.7 Å². The first-order chi connectivity index (χ1) is 13.3. The highest BCUT2D eigenvalue weighted by Gasteiger charge is 2.20. The molecule has 10 heteroatoms. The summed E-state index contributed by atoms with van der Waals surface area (Å²) in [5.41, 5.74) is 0.644. The van der Waals surface area contributed by atoms with Crippen molar-refractivity contribution in [2.45, 2.75) is 30.9 Å². The first kappa shape index (κ1) is 21.8. The van der Waals surface area contributed by atoms with Gasteiger partial charge in [-0.25, -0.2) is 4.98 Å². The maximum atomic E-state index is 12.7. The second-order valence-corrected chi connectivity index (χ2v) is 6.47. The van der Waals surface area contributed by atoms with E-state index in [9.17, 15) is 22.4 Å². The van der Waals surface area contributed by atoms with Gasteiger partial charge in [0.1, 0.15) is 5.03 Å². The number of amides is 1. The predicted molar refractivity (Wildman–Crippen MR) is 96.1 cm³/mol. The van der Waals surface area contributed by atoms with Crippen molar-refractivity contribution in [3.63, 3.8) is 0 Å². The first-order valence-electron chi connectivity index (χ1n) is 8.17. The van der Waals surface area contributed by atoms with Gasteiger partial charge in [0.05, 0.1) is 12.2 Å². The summed E-state index contributed by atoms with van der Waals surface area (Å²) >= 11 is 0.194. The highest BCUT2D eigenvalue weighted by molar-refractivity contribution is 7.99. The van der Waals surface area contributed by atoms with E-state index in [2.05, 4.69) is 9.72 Å². The molecular formula is C18H18F4N2O3S. The van der Waals surface area contributed by atoms with Crippen molar-refractivity contribution in [3.8, 4) is 11.5 Å². The summed E-state index contributed by atoms with van der Waals surface area (Å²) in [5.74, 6) is -3.20. The molecule has 2 rings (SSSR count). The lowest BCUT2D eigenvalue weighted by atomic mass is 10.1. The Bertz CT molecular complexity index is 808. The molecule has 0 unspecified atom stereocenters. The van der Waals surface area contributed by atoms with Gasteiger partial charge in [0.15, 0.2) is 11.5 Å². The molecule has 0 N–H and O–H groups in total. The third-order valence-electron chi connectivity index (χ3n) is 3.49. The fourth-order valence-electron chi connectivity index (χ4n) is 2.40. The van der Waals surface area contributed by atoms with E-state index < -0.39 is 18.3 Å². The summed E-state index contributed by atoms with van der Waals surface area (Å²) in [6, 6.07) is 7.24. The lowest BCUT2D eigenvalue weighted by molar-refractivity contribution is -0.0514. The van der Waals surface area contributed by atoms with Crippen LogP contribution in [0.25, 0.3) is 0 Å². The maximum absolute atomic E-state index is 12.7. The number of hydrogen-bond acceptors (Lipinski definition) is 5. The molecule has 0 aliphatic heterocycles. The van der Waals surface area contributed by atoms with Crippen molar-refractivity contribution in [2.24, 2.45) is 0 Å². The van der Waals surface area contributed by atoms with Crippen LogP contribution in [0.15, 0.2) is 41.6 Å². The minimum absolute atomic E-state index is 0.0537. The number of rotatable bonds is 9. The van der Waals surface area contributed by atoms with E-state index in [1.54, 1.807) is 6.92 Å². The topological polar surface area (TPSA) is 51.7 Å². The second kappa shape index (κ2) is 10.2. The molecule has 0 radical (unpaired) electrons. The standard InChI is InChI=1S/C18H18F4N2O3S/c1-3-26-14-9-11(6-7-13(14)27-17(19)20)10-24(2)16(25)12-5-4-8-23-15(12)28-18(21)22/h4-9,17-18H,3,10H2,1-2H3. The van der Waals surface area contributed by atoms with Gasteiger partial charge in [-0.2, -0.15) is 17.6 Å². The summed E-state index contributed by atoms with van der Waals surface area (Å²) in [6.45, 7) is -0.965. The number of pyridine rings is 1. The Hall–Kier alpha value is -2.49. The highest BCUT2D eigenvalue weighted by Crippen LogP contribution is 2.31. The molecule has 0 fully saturated rings. The minimum atomic E-state index is -2.99. The molecule has 1 heterocycles. The molecule has 0 saturated carbocycles. The normalized spacial score (nSPS) is 11.0. The van der Waals surface area contributed by atoms with Gasteiger partial charge < -0.3 is 14.4 Å². The summed E-state index contributed by atoms with van der Waals surface area (Å²) < 4.78 is 60.0. The molecule has 0 aliphatic carbocycles. The number of carbonyl (C=O) groups excluding carboxylic acids is 1. The Morgan fingerprint density at radius 3 is 2.61 bits per heavy atom. The molecule has 0 saturated heterocycles. The zero-order valence-corrected chi connectivity index (χ0v) is 15.9. The lowest BCUT2D eigenvalue weighted by Gasteiger charge is -2.19. The third-order valence-corrected chi connectivity index (χ3v) is 4.22. The van der Waals surface area contributed by atoms with Crippen molar-refractivity contribution < 1.29 is 31.8 Å². The zero-order chi connectivity index (χ0) is 20.7. The molecule has 5 nitrogen and oxygen atoms in total. The van der Waals surface area contributed by atoms with Crippen LogP contribution >= 0.6 is 11.8 Å². The number of benzene rings is 1. The van der Waals surface area contributed by atoms with E-state index in [4.69, 9.17) is 4.74 Å². The average Bonchev–Trinajstić information content (AvgIpc) is 2.63. The highest BCUT2D eigenvalue weighted by atomic mass is 32.2. The van der Waals surface area contributed by atoms with Crippen LogP contribution in [0.4, 0.5) is 17.6 Å². The number of halogens is 4. The van der Waals surface area contributed by atoms with Crippen LogP contribution in [-0.2, 0) is 6.54 Å². The van der Waals surface area contributed by atoms with Crippen LogP contribution in [0.2, 0.25) is 0 Å². The van der Waals surface area contributed by atoms with Crippen molar-refractivity contribution in [1.82, 2.24) is 9.88 Å². The fourth-order valence-corrected chi connectivity index (χ4v) is 2.97. The van der Waals surface area contributed by atoms with E-state index >= 15 is 0 Å². The molecule has 28 heavy (non-hydrogen) atoms. The second-order valence-electron chi connectivity index (χ2n) is 5.49. The zero-order valence-electron chi connectivity index (χ0n) is 15.1. The Kier molecular flexibility index (Phi) is 7.91. The molecule has 2 aromatic rings. The molecular weight excluding hydrogens is 400 g/mol. The van der Waals surface area contributed by atoms with Gasteiger partial charge in [-0.1, -0.05) is 6.07 Å². The van der Waals surface area contributed by atoms with E-state index in [-0.39, 0.29) is 47.0 Å². The number of nitrogens with zero attached hydrogens (tertiary/aromatic N) is 2. The van der Waals surface area contributed by atoms with E-state index in [1.165, 1.54) is 48.5 Å². The first-order valence-corrected chi connectivity index (χ1v) is 9.05. The summed E-state index contributed by atoms with van der Waals surface area (Å²) in [6.07, 6.45) is 1.33. The monoisotopic (exact) mass is 418 g/mol. The Morgan fingerprint density at radius 1 is 1.21 bits per heavy atom. The maximum Gasteiger partial charge on any atom is 0.387 e. The fraction of sp³-hybridized carbons (Fsp3) is 0.333. The lowest BCUT2D eigenvalue weighted by Crippen LogP contribution is -2.27.